The third-order valence-corrected chi connectivity index (χ3v) is 23.6. The summed E-state index contributed by atoms with van der Waals surface area (Å²) in [5, 5.41) is 144. The number of carbonyl (C=O) groups excluding carboxylic acids is 2. The number of cyclic esters (lactones) is 1. The van der Waals surface area contributed by atoms with Gasteiger partial charge in [0.2, 0.25) is 0 Å². The Hall–Kier alpha value is -2.80. The summed E-state index contributed by atoms with van der Waals surface area (Å²) in [6.45, 7) is 9.91. The molecule has 1 spiro atoms. The molecule has 0 aromatic carbocycles. The Kier molecular flexibility index (Phi) is 23.2. The maximum atomic E-state index is 14.8. The molecule has 568 valence electrons. The van der Waals surface area contributed by atoms with Crippen LogP contribution in [0.2, 0.25) is 0 Å². The molecule has 10 rings (SSSR count). The van der Waals surface area contributed by atoms with Crippen molar-refractivity contribution in [3.05, 3.63) is 23.8 Å². The molecule has 33 atom stereocenters. The van der Waals surface area contributed by atoms with E-state index in [0.717, 1.165) is 12.7 Å². The molecular formula is C61H96O36S2. The van der Waals surface area contributed by atoms with Crippen molar-refractivity contribution >= 4 is 32.7 Å². The van der Waals surface area contributed by atoms with Gasteiger partial charge >= 0.3 is 32.7 Å². The Morgan fingerprint density at radius 2 is 1.24 bits per heavy atom. The molecule has 3 saturated carbocycles. The highest BCUT2D eigenvalue weighted by Crippen LogP contribution is 2.77. The molecule has 9 fully saturated rings. The third kappa shape index (κ3) is 14.9. The summed E-state index contributed by atoms with van der Waals surface area (Å²) >= 11 is 0. The molecule has 0 amide bonds. The fraction of sp³-hybridized carbons (Fsp3) is 0.902. The summed E-state index contributed by atoms with van der Waals surface area (Å²) in [6, 6.07) is 0. The minimum absolute atomic E-state index is 0.0996. The van der Waals surface area contributed by atoms with Gasteiger partial charge in [-0.1, -0.05) is 45.4 Å². The first-order valence-electron chi connectivity index (χ1n) is 32.9. The average molecular weight is 1470 g/mol. The van der Waals surface area contributed by atoms with Crippen molar-refractivity contribution in [3.8, 4) is 0 Å². The van der Waals surface area contributed by atoms with Crippen molar-refractivity contribution in [2.24, 2.45) is 39.4 Å². The highest BCUT2D eigenvalue weighted by atomic mass is 32.3. The van der Waals surface area contributed by atoms with Crippen LogP contribution in [0.3, 0.4) is 0 Å². The molecule has 10 aliphatic rings. The van der Waals surface area contributed by atoms with Gasteiger partial charge in [-0.05, 0) is 88.0 Å². The Labute approximate surface area is 570 Å². The van der Waals surface area contributed by atoms with Gasteiger partial charge in [-0.3, -0.25) is 18.7 Å². The van der Waals surface area contributed by atoms with Crippen molar-refractivity contribution in [1.82, 2.24) is 0 Å². The Balaban J connectivity index is 0.926. The van der Waals surface area contributed by atoms with Crippen LogP contribution < -0.4 is 0 Å². The number of methoxy groups -OCH3 is 1. The zero-order chi connectivity index (χ0) is 73.0. The maximum absolute atomic E-state index is 14.8. The Morgan fingerprint density at radius 1 is 0.667 bits per heavy atom. The van der Waals surface area contributed by atoms with Crippen LogP contribution in [0.5, 0.6) is 0 Å². The van der Waals surface area contributed by atoms with Gasteiger partial charge in [0.15, 0.2) is 37.2 Å². The van der Waals surface area contributed by atoms with Crippen molar-refractivity contribution in [3.63, 3.8) is 0 Å². The molecular weight excluding hydrogens is 1370 g/mol. The number of hydrogen-bond donors (Lipinski definition) is 15. The zero-order valence-electron chi connectivity index (χ0n) is 55.9. The fourth-order valence-corrected chi connectivity index (χ4v) is 18.8. The monoisotopic (exact) mass is 1470 g/mol. The number of esters is 2. The van der Waals surface area contributed by atoms with Crippen LogP contribution in [0.1, 0.15) is 100 Å². The second-order valence-corrected chi connectivity index (χ2v) is 31.4. The minimum atomic E-state index is -5.36. The van der Waals surface area contributed by atoms with Crippen LogP contribution in [0.4, 0.5) is 0 Å². The molecule has 0 aromatic heterocycles. The lowest BCUT2D eigenvalue weighted by molar-refractivity contribution is -0.406. The summed E-state index contributed by atoms with van der Waals surface area (Å²) in [6.07, 6.45) is -40.9. The predicted molar refractivity (Wildman–Crippen MR) is 323 cm³/mol. The average Bonchev–Trinajstić information content (AvgIpc) is 1.52. The number of aliphatic hydroxyl groups is 13. The Bertz CT molecular complexity index is 3150. The number of ether oxygens (including phenoxy) is 13. The summed E-state index contributed by atoms with van der Waals surface area (Å²) in [5.74, 6) is -4.05. The van der Waals surface area contributed by atoms with E-state index >= 15 is 0 Å². The van der Waals surface area contributed by atoms with Crippen LogP contribution in [-0.4, -0.2) is 309 Å². The summed E-state index contributed by atoms with van der Waals surface area (Å²) in [5.41, 5.74) is -3.49. The molecule has 6 heterocycles. The fourth-order valence-electron chi connectivity index (χ4n) is 18.0. The van der Waals surface area contributed by atoms with E-state index in [1.165, 1.54) is 32.9 Å². The quantitative estimate of drug-likeness (QED) is 0.0210. The minimum Gasteiger partial charge on any atom is -0.462 e. The second kappa shape index (κ2) is 29.2. The largest absolute Gasteiger partial charge is 0.462 e. The van der Waals surface area contributed by atoms with Gasteiger partial charge in [0.1, 0.15) is 122 Å². The van der Waals surface area contributed by atoms with Gasteiger partial charge in [-0.15, -0.1) is 0 Å². The van der Waals surface area contributed by atoms with Crippen LogP contribution in [0, 0.1) is 39.4 Å². The molecule has 36 nitrogen and oxygen atoms in total. The SMILES string of the molecule is CO[C@@H]1[C@@H](O)[C@H](O[C@@H]2[C@@H](O)[C@H](O[C@H]3[C@H](O)[C@@H](O[C@@H]4O[C@H](CO)[C@@H](O)[C@H](O)[C@H]4O)[C@H](O[C@H]4[C@H](O[C@H]5CC[C@@]6(C)C(CC=C7[C@@H]6CC[C@]68C(=O)O[C@@](C)(C/C=C/C(C)(O)O)[C@H]6[C@@H](OC(C)=O)C[C@@]78C)C5(C)C)OC[C@@H](OS(=O)(=O)O)[C@@H]4O)O[C@@H]3C)O[C@H](CO)[C@H]2O)O[C@H](COS(=O)(=O)O)[C@H]1O. The number of fused-ring (bicyclic) bond motifs is 4. The zero-order valence-corrected chi connectivity index (χ0v) is 57.5. The second-order valence-electron chi connectivity index (χ2n) is 29.3. The molecule has 0 radical (unpaired) electrons. The van der Waals surface area contributed by atoms with Crippen molar-refractivity contribution in [2.75, 3.05) is 33.5 Å². The summed E-state index contributed by atoms with van der Waals surface area (Å²) < 4.78 is 155. The number of carbonyl (C=O) groups is 2. The lowest BCUT2D eigenvalue weighted by Crippen LogP contribution is -2.68. The first kappa shape index (κ1) is 78.8. The number of allylic oxidation sites excluding steroid dienone is 2. The lowest BCUT2D eigenvalue weighted by Gasteiger charge is -2.64. The van der Waals surface area contributed by atoms with Gasteiger partial charge in [0.05, 0.1) is 50.0 Å². The van der Waals surface area contributed by atoms with Gasteiger partial charge in [0, 0.05) is 25.9 Å². The van der Waals surface area contributed by atoms with Crippen LogP contribution in [0.25, 0.3) is 0 Å². The van der Waals surface area contributed by atoms with E-state index in [1.54, 1.807) is 6.92 Å². The van der Waals surface area contributed by atoms with E-state index in [4.69, 9.17) is 65.8 Å². The molecule has 1 unspecified atom stereocenters. The highest BCUT2D eigenvalue weighted by molar-refractivity contribution is 7.81. The first-order chi connectivity index (χ1) is 46.0. The normalized spacial score (nSPS) is 48.7. The van der Waals surface area contributed by atoms with E-state index in [1.807, 2.05) is 20.8 Å². The molecule has 15 N–H and O–H groups in total. The van der Waals surface area contributed by atoms with Gasteiger partial charge in [0.25, 0.3) is 0 Å². The Morgan fingerprint density at radius 3 is 1.85 bits per heavy atom. The maximum Gasteiger partial charge on any atom is 0.397 e. The van der Waals surface area contributed by atoms with E-state index in [2.05, 4.69) is 17.2 Å². The molecule has 0 aromatic rings. The first-order valence-corrected chi connectivity index (χ1v) is 35.6. The number of hydrogen-bond acceptors (Lipinski definition) is 34. The van der Waals surface area contributed by atoms with Crippen molar-refractivity contribution in [1.29, 1.82) is 0 Å². The van der Waals surface area contributed by atoms with E-state index in [0.29, 0.717) is 38.5 Å². The van der Waals surface area contributed by atoms with Crippen LogP contribution >= 0.6 is 0 Å². The molecule has 0 bridgehead atoms. The third-order valence-electron chi connectivity index (χ3n) is 22.6. The number of rotatable bonds is 22. The highest BCUT2D eigenvalue weighted by Gasteiger charge is 2.79. The molecule has 6 saturated heterocycles. The van der Waals surface area contributed by atoms with Crippen molar-refractivity contribution < 1.29 is 172 Å². The van der Waals surface area contributed by atoms with Crippen LogP contribution in [0.15, 0.2) is 23.8 Å². The topological polar surface area (TPSA) is 544 Å². The molecule has 6 aliphatic heterocycles. The van der Waals surface area contributed by atoms with E-state index < -0.39 is 258 Å². The molecule has 4 aliphatic carbocycles. The predicted octanol–water partition coefficient (Wildman–Crippen LogP) is -4.47. The van der Waals surface area contributed by atoms with E-state index in [-0.39, 0.29) is 18.3 Å². The summed E-state index contributed by atoms with van der Waals surface area (Å²) in [7, 11) is -9.44. The van der Waals surface area contributed by atoms with Crippen LogP contribution in [-0.2, 0) is 100 Å². The molecule has 99 heavy (non-hydrogen) atoms. The summed E-state index contributed by atoms with van der Waals surface area (Å²) in [4.78, 5) is 27.6. The van der Waals surface area contributed by atoms with Gasteiger partial charge < -0.3 is 128 Å². The van der Waals surface area contributed by atoms with Gasteiger partial charge in [-0.2, -0.15) is 16.8 Å². The smallest absolute Gasteiger partial charge is 0.397 e. The number of aliphatic hydroxyl groups excluding tert-OH is 11. The van der Waals surface area contributed by atoms with Gasteiger partial charge in [-0.25, -0.2) is 8.37 Å². The van der Waals surface area contributed by atoms with Crippen molar-refractivity contribution in [2.45, 2.75) is 271 Å². The standard InChI is InChI=1S/C61H96O36S2/c1-24-44(92-52-43(73)46(36(66)30(21-63)89-52)93-51-42(72)45(83-9)37(67)31(90-51)23-85-98(77,78)79)41(71)48(94-50-40(70)39(69)35(65)29(20-62)88-50)54(86-24)95-47-38(68)32(97-99(80,81)82)22-84-53(47)91-34-14-17-57(5)26-13-18-61-49(59(7,96-55(61)74)15-10-16-60(8,75)76)28(87-25(2)64)19-58(61,6)27(26)11-12-33(57)56(34,3)4/h10-11,16,24,26,28-54,62-63,65-73,75-76H,12-15,17-23H2,1-9H3,(H,77,78,79)(H,80,81,82)/b16-10+/t24-,26+,28+,29-,30-,31-,32-,33?,34+,35-,36-,37-,38+,39+,40-,41+,42-,43-,44-,45+,46+,47-,48-,49-,50+,51+,52+,53+,54+,57-,58+,59+,61-/m1/s1. The van der Waals surface area contributed by atoms with E-state index in [9.17, 15) is 102 Å². The lowest BCUT2D eigenvalue weighted by atomic mass is 9.41. The molecule has 38 heteroatoms.